The number of hydrogen-bond donors (Lipinski definition) is 1. The lowest BCUT2D eigenvalue weighted by Crippen LogP contribution is -2.36. The molecule has 0 bridgehead atoms. The van der Waals surface area contributed by atoms with E-state index in [4.69, 9.17) is 0 Å². The Morgan fingerprint density at radius 1 is 1.40 bits per heavy atom. The van der Waals surface area contributed by atoms with Crippen molar-refractivity contribution in [2.24, 2.45) is 5.92 Å². The lowest BCUT2D eigenvalue weighted by Gasteiger charge is -2.30. The van der Waals surface area contributed by atoms with Crippen molar-refractivity contribution in [1.29, 1.82) is 0 Å². The van der Waals surface area contributed by atoms with Crippen LogP contribution in [0.4, 0.5) is 5.69 Å². The monoisotopic (exact) mass is 296 g/mol. The first-order valence-electron chi connectivity index (χ1n) is 7.23. The van der Waals surface area contributed by atoms with E-state index in [-0.39, 0.29) is 18.3 Å². The van der Waals surface area contributed by atoms with Gasteiger partial charge in [0.05, 0.1) is 0 Å². The van der Waals surface area contributed by atoms with E-state index < -0.39 is 0 Å². The number of nitrogens with one attached hydrogen (secondary N) is 1. The average Bonchev–Trinajstić information content (AvgIpc) is 2.39. The minimum atomic E-state index is 0. The molecule has 1 unspecified atom stereocenters. The van der Waals surface area contributed by atoms with Crippen molar-refractivity contribution in [3.8, 4) is 0 Å². The second kappa shape index (κ2) is 8.28. The standard InChI is InChI=1S/C16H24N2O.ClH/c1-13-6-5-10-18(12-13)11-9-16(19)17-15-8-4-3-7-14(15)2;/h3-4,7-8,13H,5-6,9-12H2,1-2H3,(H,17,19);1H. The Labute approximate surface area is 128 Å². The Kier molecular flexibility index (Phi) is 7.03. The number of carbonyl (C=O) groups excluding carboxylic acids is 1. The molecule has 1 atom stereocenters. The van der Waals surface area contributed by atoms with E-state index in [0.717, 1.165) is 36.8 Å². The largest absolute Gasteiger partial charge is 0.326 e. The minimum absolute atomic E-state index is 0. The minimum Gasteiger partial charge on any atom is -0.326 e. The fourth-order valence-electron chi connectivity index (χ4n) is 2.68. The molecular formula is C16H25ClN2O. The molecule has 20 heavy (non-hydrogen) atoms. The smallest absolute Gasteiger partial charge is 0.225 e. The second-order valence-electron chi connectivity index (χ2n) is 5.66. The number of halogens is 1. The molecule has 1 amide bonds. The van der Waals surface area contributed by atoms with Crippen LogP contribution in [0.15, 0.2) is 24.3 Å². The average molecular weight is 297 g/mol. The molecule has 1 aliphatic heterocycles. The Morgan fingerprint density at radius 2 is 2.15 bits per heavy atom. The molecule has 1 fully saturated rings. The molecule has 1 N–H and O–H groups in total. The molecule has 0 aliphatic carbocycles. The van der Waals surface area contributed by atoms with Gasteiger partial charge in [0.15, 0.2) is 0 Å². The predicted octanol–water partition coefficient (Wildman–Crippen LogP) is 3.48. The van der Waals surface area contributed by atoms with E-state index in [1.165, 1.54) is 12.8 Å². The summed E-state index contributed by atoms with van der Waals surface area (Å²) in [6, 6.07) is 7.91. The van der Waals surface area contributed by atoms with Crippen LogP contribution in [-0.2, 0) is 4.79 Å². The summed E-state index contributed by atoms with van der Waals surface area (Å²) in [5.74, 6) is 0.890. The number of para-hydroxylation sites is 1. The molecule has 1 aliphatic rings. The summed E-state index contributed by atoms with van der Waals surface area (Å²) >= 11 is 0. The first-order chi connectivity index (χ1) is 9.15. The Bertz CT molecular complexity index is 436. The highest BCUT2D eigenvalue weighted by atomic mass is 35.5. The molecule has 1 heterocycles. The van der Waals surface area contributed by atoms with E-state index in [1.807, 2.05) is 31.2 Å². The van der Waals surface area contributed by atoms with E-state index in [9.17, 15) is 4.79 Å². The number of likely N-dealkylation sites (tertiary alicyclic amines) is 1. The summed E-state index contributed by atoms with van der Waals surface area (Å²) in [4.78, 5) is 14.4. The van der Waals surface area contributed by atoms with E-state index >= 15 is 0 Å². The summed E-state index contributed by atoms with van der Waals surface area (Å²) < 4.78 is 0. The quantitative estimate of drug-likeness (QED) is 0.922. The van der Waals surface area contributed by atoms with Crippen LogP contribution in [0.2, 0.25) is 0 Å². The zero-order valence-corrected chi connectivity index (χ0v) is 13.2. The molecular weight excluding hydrogens is 272 g/mol. The van der Waals surface area contributed by atoms with Crippen molar-refractivity contribution in [1.82, 2.24) is 4.90 Å². The van der Waals surface area contributed by atoms with Gasteiger partial charge in [-0.2, -0.15) is 0 Å². The van der Waals surface area contributed by atoms with Crippen molar-refractivity contribution < 1.29 is 4.79 Å². The molecule has 0 saturated carbocycles. The molecule has 0 spiro atoms. The van der Waals surface area contributed by atoms with Gasteiger partial charge in [-0.05, 0) is 43.9 Å². The Balaban J connectivity index is 0.00000200. The number of hydrogen-bond acceptors (Lipinski definition) is 2. The van der Waals surface area contributed by atoms with Crippen molar-refractivity contribution in [3.05, 3.63) is 29.8 Å². The topological polar surface area (TPSA) is 32.3 Å². The van der Waals surface area contributed by atoms with E-state index in [1.54, 1.807) is 0 Å². The van der Waals surface area contributed by atoms with Crippen LogP contribution in [0.1, 0.15) is 31.7 Å². The van der Waals surface area contributed by atoms with Crippen molar-refractivity contribution in [2.45, 2.75) is 33.1 Å². The first-order valence-corrected chi connectivity index (χ1v) is 7.23. The highest BCUT2D eigenvalue weighted by Crippen LogP contribution is 2.16. The zero-order valence-electron chi connectivity index (χ0n) is 12.4. The number of carbonyl (C=O) groups is 1. The molecule has 1 aromatic carbocycles. The summed E-state index contributed by atoms with van der Waals surface area (Å²) in [5, 5.41) is 3.00. The van der Waals surface area contributed by atoms with Crippen LogP contribution >= 0.6 is 12.4 Å². The summed E-state index contributed by atoms with van der Waals surface area (Å²) in [7, 11) is 0. The lowest BCUT2D eigenvalue weighted by atomic mass is 10.0. The molecule has 1 saturated heterocycles. The van der Waals surface area contributed by atoms with Crippen LogP contribution < -0.4 is 5.32 Å². The number of amides is 1. The van der Waals surface area contributed by atoms with E-state index in [0.29, 0.717) is 6.42 Å². The summed E-state index contributed by atoms with van der Waals surface area (Å²) in [5.41, 5.74) is 2.04. The SMILES string of the molecule is Cc1ccccc1NC(=O)CCN1CCCC(C)C1.Cl. The molecule has 112 valence electrons. The molecule has 4 heteroatoms. The van der Waals surface area contributed by atoms with Crippen LogP contribution in [0.25, 0.3) is 0 Å². The highest BCUT2D eigenvalue weighted by Gasteiger charge is 2.16. The third kappa shape index (κ3) is 5.14. The van der Waals surface area contributed by atoms with Crippen molar-refractivity contribution >= 4 is 24.0 Å². The fraction of sp³-hybridized carbons (Fsp3) is 0.562. The van der Waals surface area contributed by atoms with Gasteiger partial charge in [-0.25, -0.2) is 0 Å². The van der Waals surface area contributed by atoms with Gasteiger partial charge < -0.3 is 10.2 Å². The van der Waals surface area contributed by atoms with Crippen LogP contribution in [0.5, 0.6) is 0 Å². The molecule has 1 aromatic rings. The Morgan fingerprint density at radius 3 is 2.85 bits per heavy atom. The number of nitrogens with zero attached hydrogens (tertiary/aromatic N) is 1. The van der Waals surface area contributed by atoms with Gasteiger partial charge in [0.1, 0.15) is 0 Å². The van der Waals surface area contributed by atoms with Gasteiger partial charge in [-0.15, -0.1) is 12.4 Å². The number of anilines is 1. The third-order valence-electron chi connectivity index (χ3n) is 3.82. The predicted molar refractivity (Wildman–Crippen MR) is 86.5 cm³/mol. The normalized spacial score (nSPS) is 19.2. The Hall–Kier alpha value is -1.06. The summed E-state index contributed by atoms with van der Waals surface area (Å²) in [6.45, 7) is 7.46. The third-order valence-corrected chi connectivity index (χ3v) is 3.82. The van der Waals surface area contributed by atoms with Crippen LogP contribution in [0.3, 0.4) is 0 Å². The maximum absolute atomic E-state index is 12.0. The number of benzene rings is 1. The number of aryl methyl sites for hydroxylation is 1. The fourth-order valence-corrected chi connectivity index (χ4v) is 2.68. The van der Waals surface area contributed by atoms with Gasteiger partial charge in [-0.1, -0.05) is 25.1 Å². The van der Waals surface area contributed by atoms with Crippen molar-refractivity contribution in [3.63, 3.8) is 0 Å². The van der Waals surface area contributed by atoms with Crippen molar-refractivity contribution in [2.75, 3.05) is 25.0 Å². The zero-order chi connectivity index (χ0) is 13.7. The number of piperidine rings is 1. The van der Waals surface area contributed by atoms with Gasteiger partial charge >= 0.3 is 0 Å². The molecule has 0 aromatic heterocycles. The van der Waals surface area contributed by atoms with E-state index in [2.05, 4.69) is 17.1 Å². The van der Waals surface area contributed by atoms with Gasteiger partial charge in [0, 0.05) is 25.2 Å². The highest BCUT2D eigenvalue weighted by molar-refractivity contribution is 5.91. The first kappa shape index (κ1) is 17.0. The molecule has 3 nitrogen and oxygen atoms in total. The molecule has 2 rings (SSSR count). The lowest BCUT2D eigenvalue weighted by molar-refractivity contribution is -0.116. The van der Waals surface area contributed by atoms with Gasteiger partial charge in [0.2, 0.25) is 5.91 Å². The maximum Gasteiger partial charge on any atom is 0.225 e. The summed E-state index contributed by atoms with van der Waals surface area (Å²) in [6.07, 6.45) is 3.17. The molecule has 0 radical (unpaired) electrons. The van der Waals surface area contributed by atoms with Crippen LogP contribution in [-0.4, -0.2) is 30.4 Å². The number of rotatable bonds is 4. The second-order valence-corrected chi connectivity index (χ2v) is 5.66. The van der Waals surface area contributed by atoms with Gasteiger partial charge in [0.25, 0.3) is 0 Å². The van der Waals surface area contributed by atoms with Gasteiger partial charge in [-0.3, -0.25) is 4.79 Å². The van der Waals surface area contributed by atoms with Crippen LogP contribution in [0, 0.1) is 12.8 Å². The maximum atomic E-state index is 12.0.